The molecule has 26 heavy (non-hydrogen) atoms. The minimum atomic E-state index is -0.297. The second-order valence-electron chi connectivity index (χ2n) is 6.25. The fraction of sp³-hybridized carbons (Fsp3) is 0.304. The summed E-state index contributed by atoms with van der Waals surface area (Å²) in [5.74, 6) is -0.223. The molecule has 0 bridgehead atoms. The molecule has 0 heterocycles. The molecule has 0 aliphatic rings. The Balaban J connectivity index is 2.27. The fourth-order valence-electron chi connectivity index (χ4n) is 2.72. The van der Waals surface area contributed by atoms with Crippen LogP contribution >= 0.6 is 0 Å². The molecule has 0 spiro atoms. The topological polar surface area (TPSA) is 43.4 Å². The van der Waals surface area contributed by atoms with E-state index in [1.54, 1.807) is 26.0 Å². The van der Waals surface area contributed by atoms with E-state index < -0.39 is 0 Å². The summed E-state index contributed by atoms with van der Waals surface area (Å²) < 4.78 is 5.02. The molecule has 0 radical (unpaired) electrons. The second kappa shape index (κ2) is 9.71. The van der Waals surface area contributed by atoms with Crippen LogP contribution in [0.25, 0.3) is 11.6 Å². The molecule has 136 valence electrons. The standard InChI is InChI=1S/C23H26O3/c1-4-6-7-22(20-14-12-19(13-15-20)17(3)24)16-18-8-10-21(11-9-18)23(25)26-5-2/h8-16H,4-7H2,1-3H3/b22-16-. The van der Waals surface area contributed by atoms with Crippen molar-refractivity contribution in [3.8, 4) is 0 Å². The molecule has 0 atom stereocenters. The van der Waals surface area contributed by atoms with Gasteiger partial charge < -0.3 is 4.74 Å². The number of hydrogen-bond donors (Lipinski definition) is 0. The summed E-state index contributed by atoms with van der Waals surface area (Å²) in [5, 5.41) is 0. The quantitative estimate of drug-likeness (QED) is 0.343. The highest BCUT2D eigenvalue weighted by atomic mass is 16.5. The van der Waals surface area contributed by atoms with Crippen LogP contribution in [0.15, 0.2) is 48.5 Å². The molecule has 0 aliphatic carbocycles. The number of esters is 1. The van der Waals surface area contributed by atoms with Gasteiger partial charge in [-0.3, -0.25) is 4.79 Å². The highest BCUT2D eigenvalue weighted by Crippen LogP contribution is 2.24. The predicted octanol–water partition coefficient (Wildman–Crippen LogP) is 5.80. The molecular formula is C23H26O3. The zero-order valence-electron chi connectivity index (χ0n) is 15.7. The molecule has 3 heteroatoms. The number of ether oxygens (including phenoxy) is 1. The average Bonchev–Trinajstić information content (AvgIpc) is 2.66. The summed E-state index contributed by atoms with van der Waals surface area (Å²) in [7, 11) is 0. The summed E-state index contributed by atoms with van der Waals surface area (Å²) in [6, 6.07) is 15.2. The van der Waals surface area contributed by atoms with Gasteiger partial charge in [0, 0.05) is 5.56 Å². The van der Waals surface area contributed by atoms with Crippen molar-refractivity contribution in [2.75, 3.05) is 6.61 Å². The van der Waals surface area contributed by atoms with Gasteiger partial charge in [-0.05, 0) is 55.5 Å². The van der Waals surface area contributed by atoms with Gasteiger partial charge in [0.1, 0.15) is 0 Å². The SMILES string of the molecule is CCCC/C(=C/c1ccc(C(=O)OCC)cc1)c1ccc(C(C)=O)cc1. The summed E-state index contributed by atoms with van der Waals surface area (Å²) in [6.45, 7) is 5.92. The molecule has 0 aromatic heterocycles. The maximum absolute atomic E-state index is 11.8. The minimum Gasteiger partial charge on any atom is -0.462 e. The maximum Gasteiger partial charge on any atom is 0.338 e. The average molecular weight is 350 g/mol. The summed E-state index contributed by atoms with van der Waals surface area (Å²) >= 11 is 0. The van der Waals surface area contributed by atoms with Crippen LogP contribution in [-0.4, -0.2) is 18.4 Å². The fourth-order valence-corrected chi connectivity index (χ4v) is 2.72. The minimum absolute atomic E-state index is 0.0743. The first-order valence-electron chi connectivity index (χ1n) is 9.14. The molecule has 0 unspecified atom stereocenters. The van der Waals surface area contributed by atoms with Gasteiger partial charge in [-0.15, -0.1) is 0 Å². The molecule has 0 aliphatic heterocycles. The lowest BCUT2D eigenvalue weighted by molar-refractivity contribution is 0.0526. The van der Waals surface area contributed by atoms with E-state index in [4.69, 9.17) is 4.74 Å². The Hall–Kier alpha value is -2.68. The van der Waals surface area contributed by atoms with Gasteiger partial charge in [0.2, 0.25) is 0 Å². The van der Waals surface area contributed by atoms with Gasteiger partial charge in [0.25, 0.3) is 0 Å². The summed E-state index contributed by atoms with van der Waals surface area (Å²) in [4.78, 5) is 23.2. The Morgan fingerprint density at radius 1 is 0.885 bits per heavy atom. The van der Waals surface area contributed by atoms with Crippen LogP contribution in [0.1, 0.15) is 71.9 Å². The Kier molecular flexibility index (Phi) is 7.34. The lowest BCUT2D eigenvalue weighted by Crippen LogP contribution is -2.04. The molecule has 0 saturated carbocycles. The zero-order valence-corrected chi connectivity index (χ0v) is 15.7. The molecule has 2 rings (SSSR count). The number of hydrogen-bond acceptors (Lipinski definition) is 3. The largest absolute Gasteiger partial charge is 0.462 e. The molecule has 0 N–H and O–H groups in total. The van der Waals surface area contributed by atoms with Crippen LogP contribution in [-0.2, 0) is 4.74 Å². The van der Waals surface area contributed by atoms with Crippen LogP contribution in [0.4, 0.5) is 0 Å². The summed E-state index contributed by atoms with van der Waals surface area (Å²) in [5.41, 5.74) is 4.68. The van der Waals surface area contributed by atoms with E-state index in [0.29, 0.717) is 12.2 Å². The van der Waals surface area contributed by atoms with E-state index in [1.165, 1.54) is 5.57 Å². The third-order valence-corrected chi connectivity index (χ3v) is 4.22. The first kappa shape index (κ1) is 19.6. The van der Waals surface area contributed by atoms with Crippen LogP contribution in [0.2, 0.25) is 0 Å². The van der Waals surface area contributed by atoms with Gasteiger partial charge in [-0.25, -0.2) is 4.79 Å². The van der Waals surface area contributed by atoms with Gasteiger partial charge >= 0.3 is 5.97 Å². The molecular weight excluding hydrogens is 324 g/mol. The molecule has 0 amide bonds. The predicted molar refractivity (Wildman–Crippen MR) is 106 cm³/mol. The maximum atomic E-state index is 11.8. The molecule has 3 nitrogen and oxygen atoms in total. The van der Waals surface area contributed by atoms with E-state index in [9.17, 15) is 9.59 Å². The van der Waals surface area contributed by atoms with Crippen molar-refractivity contribution in [1.82, 2.24) is 0 Å². The van der Waals surface area contributed by atoms with Crippen LogP contribution < -0.4 is 0 Å². The van der Waals surface area contributed by atoms with Crippen molar-refractivity contribution in [3.63, 3.8) is 0 Å². The highest BCUT2D eigenvalue weighted by molar-refractivity contribution is 5.94. The van der Waals surface area contributed by atoms with Crippen molar-refractivity contribution < 1.29 is 14.3 Å². The zero-order chi connectivity index (χ0) is 18.9. The molecule has 0 fully saturated rings. The smallest absolute Gasteiger partial charge is 0.338 e. The second-order valence-corrected chi connectivity index (χ2v) is 6.25. The van der Waals surface area contributed by atoms with E-state index in [1.807, 2.05) is 36.4 Å². The number of Topliss-reactive ketones (excluding diaryl/α,β-unsaturated/α-hetero) is 1. The van der Waals surface area contributed by atoms with Crippen molar-refractivity contribution >= 4 is 23.4 Å². The Morgan fingerprint density at radius 2 is 1.46 bits per heavy atom. The molecule has 0 saturated heterocycles. The van der Waals surface area contributed by atoms with E-state index >= 15 is 0 Å². The van der Waals surface area contributed by atoms with Gasteiger partial charge in [0.15, 0.2) is 5.78 Å². The number of carbonyl (C=O) groups excluding carboxylic acids is 2. The van der Waals surface area contributed by atoms with Crippen LogP contribution in [0.5, 0.6) is 0 Å². The van der Waals surface area contributed by atoms with Gasteiger partial charge in [0.05, 0.1) is 12.2 Å². The number of allylic oxidation sites excluding steroid dienone is 1. The highest BCUT2D eigenvalue weighted by Gasteiger charge is 2.07. The first-order chi connectivity index (χ1) is 12.5. The first-order valence-corrected chi connectivity index (χ1v) is 9.14. The Bertz CT molecular complexity index is 768. The lowest BCUT2D eigenvalue weighted by Gasteiger charge is -2.09. The van der Waals surface area contributed by atoms with Crippen LogP contribution in [0, 0.1) is 0 Å². The van der Waals surface area contributed by atoms with Gasteiger partial charge in [-0.2, -0.15) is 0 Å². The molecule has 2 aromatic rings. The van der Waals surface area contributed by atoms with Crippen molar-refractivity contribution in [1.29, 1.82) is 0 Å². The van der Waals surface area contributed by atoms with Gasteiger partial charge in [-0.1, -0.05) is 55.8 Å². The third-order valence-electron chi connectivity index (χ3n) is 4.22. The number of carbonyl (C=O) groups is 2. The number of benzene rings is 2. The third kappa shape index (κ3) is 5.41. The number of unbranched alkanes of at least 4 members (excludes halogenated alkanes) is 1. The number of rotatable bonds is 8. The number of ketones is 1. The Morgan fingerprint density at radius 3 is 2.00 bits per heavy atom. The van der Waals surface area contributed by atoms with Crippen LogP contribution in [0.3, 0.4) is 0 Å². The van der Waals surface area contributed by atoms with E-state index in [2.05, 4.69) is 13.0 Å². The summed E-state index contributed by atoms with van der Waals surface area (Å²) in [6.07, 6.45) is 5.33. The normalized spacial score (nSPS) is 11.3. The Labute approximate surface area is 155 Å². The molecule has 2 aromatic carbocycles. The van der Waals surface area contributed by atoms with Crippen molar-refractivity contribution in [3.05, 3.63) is 70.8 Å². The van der Waals surface area contributed by atoms with E-state index in [0.717, 1.165) is 36.0 Å². The van der Waals surface area contributed by atoms with E-state index in [-0.39, 0.29) is 11.8 Å². The van der Waals surface area contributed by atoms with Crippen molar-refractivity contribution in [2.24, 2.45) is 0 Å². The van der Waals surface area contributed by atoms with Crippen molar-refractivity contribution in [2.45, 2.75) is 40.0 Å². The lowest BCUT2D eigenvalue weighted by atomic mass is 9.96. The monoisotopic (exact) mass is 350 g/mol.